The Bertz CT molecular complexity index is 1100. The first-order valence-corrected chi connectivity index (χ1v) is 9.30. The fourth-order valence-corrected chi connectivity index (χ4v) is 3.83. The Morgan fingerprint density at radius 2 is 2.00 bits per heavy atom. The molecule has 1 aliphatic rings. The number of halogens is 1. The van der Waals surface area contributed by atoms with Crippen molar-refractivity contribution in [3.63, 3.8) is 0 Å². The van der Waals surface area contributed by atoms with Gasteiger partial charge in [-0.1, -0.05) is 5.16 Å². The smallest absolute Gasteiger partial charge is 0.348 e. The first-order valence-electron chi connectivity index (χ1n) is 9.30. The topological polar surface area (TPSA) is 81.2 Å². The molecule has 146 valence electrons. The van der Waals surface area contributed by atoms with E-state index in [1.54, 1.807) is 30.9 Å². The molecule has 0 radical (unpaired) electrons. The Labute approximate surface area is 160 Å². The van der Waals surface area contributed by atoms with E-state index >= 15 is 0 Å². The molecule has 0 spiro atoms. The minimum absolute atomic E-state index is 0.00518. The number of amides is 1. The van der Waals surface area contributed by atoms with Gasteiger partial charge in [-0.25, -0.2) is 9.18 Å². The molecule has 0 unspecified atom stereocenters. The minimum atomic E-state index is -0.401. The molecule has 0 bridgehead atoms. The molecule has 0 N–H and O–H groups in total. The SMILES string of the molecule is Cc1cc(C)n(CC(=O)N2CCC(c3noc4cc(F)ccc34)CC2)c(=O)n1. The summed E-state index contributed by atoms with van der Waals surface area (Å²) in [5.74, 6) is -0.297. The number of hydrogen-bond acceptors (Lipinski definition) is 5. The summed E-state index contributed by atoms with van der Waals surface area (Å²) in [7, 11) is 0. The molecule has 1 saturated heterocycles. The summed E-state index contributed by atoms with van der Waals surface area (Å²) in [4.78, 5) is 30.4. The molecule has 3 aromatic rings. The number of hydrogen-bond donors (Lipinski definition) is 0. The van der Waals surface area contributed by atoms with Crippen LogP contribution in [0.4, 0.5) is 4.39 Å². The van der Waals surface area contributed by atoms with Crippen LogP contribution in [-0.2, 0) is 11.3 Å². The van der Waals surface area contributed by atoms with Crippen LogP contribution >= 0.6 is 0 Å². The van der Waals surface area contributed by atoms with Gasteiger partial charge in [0.15, 0.2) is 5.58 Å². The van der Waals surface area contributed by atoms with Crippen molar-refractivity contribution in [2.75, 3.05) is 13.1 Å². The van der Waals surface area contributed by atoms with Gasteiger partial charge in [0, 0.05) is 41.8 Å². The molecule has 1 amide bonds. The third-order valence-corrected chi connectivity index (χ3v) is 5.34. The van der Waals surface area contributed by atoms with Crippen LogP contribution in [0.25, 0.3) is 11.0 Å². The Morgan fingerprint density at radius 1 is 1.25 bits per heavy atom. The fourth-order valence-electron chi connectivity index (χ4n) is 3.83. The quantitative estimate of drug-likeness (QED) is 0.693. The number of fused-ring (bicyclic) bond motifs is 1. The number of piperidine rings is 1. The molecule has 4 rings (SSSR count). The number of rotatable bonds is 3. The second-order valence-corrected chi connectivity index (χ2v) is 7.27. The van der Waals surface area contributed by atoms with Crippen LogP contribution in [-0.4, -0.2) is 38.6 Å². The number of aromatic nitrogens is 3. The van der Waals surface area contributed by atoms with Gasteiger partial charge >= 0.3 is 5.69 Å². The summed E-state index contributed by atoms with van der Waals surface area (Å²) < 4.78 is 20.0. The van der Waals surface area contributed by atoms with E-state index < -0.39 is 5.69 Å². The van der Waals surface area contributed by atoms with Crippen LogP contribution in [0.3, 0.4) is 0 Å². The molecule has 0 saturated carbocycles. The lowest BCUT2D eigenvalue weighted by molar-refractivity contribution is -0.133. The van der Waals surface area contributed by atoms with Gasteiger partial charge in [0.05, 0.1) is 5.69 Å². The van der Waals surface area contributed by atoms with Gasteiger partial charge in [0.1, 0.15) is 12.4 Å². The number of nitrogens with zero attached hydrogens (tertiary/aromatic N) is 4. The summed E-state index contributed by atoms with van der Waals surface area (Å²) in [6, 6.07) is 6.21. The lowest BCUT2D eigenvalue weighted by atomic mass is 9.91. The molecule has 1 fully saturated rings. The minimum Gasteiger partial charge on any atom is -0.356 e. The molecule has 0 aliphatic carbocycles. The molecular formula is C20H21FN4O3. The second kappa shape index (κ2) is 7.18. The average molecular weight is 384 g/mol. The first kappa shape index (κ1) is 18.3. The van der Waals surface area contributed by atoms with E-state index in [0.717, 1.165) is 29.6 Å². The summed E-state index contributed by atoms with van der Waals surface area (Å²) in [6.45, 7) is 4.70. The summed E-state index contributed by atoms with van der Waals surface area (Å²) >= 11 is 0. The van der Waals surface area contributed by atoms with Gasteiger partial charge in [-0.15, -0.1) is 0 Å². The number of benzene rings is 1. The van der Waals surface area contributed by atoms with E-state index in [0.29, 0.717) is 24.4 Å². The lowest BCUT2D eigenvalue weighted by Gasteiger charge is -2.31. The van der Waals surface area contributed by atoms with Crippen molar-refractivity contribution in [1.82, 2.24) is 19.6 Å². The van der Waals surface area contributed by atoms with Crippen molar-refractivity contribution >= 4 is 16.9 Å². The Balaban J connectivity index is 1.44. The van der Waals surface area contributed by atoms with Crippen LogP contribution in [0.2, 0.25) is 0 Å². The predicted molar refractivity (Wildman–Crippen MR) is 100 cm³/mol. The van der Waals surface area contributed by atoms with Crippen molar-refractivity contribution in [3.05, 3.63) is 57.6 Å². The van der Waals surface area contributed by atoms with Gasteiger partial charge in [0.25, 0.3) is 0 Å². The van der Waals surface area contributed by atoms with Gasteiger partial charge < -0.3 is 9.42 Å². The maximum absolute atomic E-state index is 13.3. The van der Waals surface area contributed by atoms with Crippen LogP contribution in [0, 0.1) is 19.7 Å². The monoisotopic (exact) mass is 384 g/mol. The van der Waals surface area contributed by atoms with Crippen molar-refractivity contribution in [3.8, 4) is 0 Å². The van der Waals surface area contributed by atoms with Gasteiger partial charge in [0.2, 0.25) is 5.91 Å². The molecule has 1 aromatic carbocycles. The van der Waals surface area contributed by atoms with Crippen molar-refractivity contribution in [2.45, 2.75) is 39.2 Å². The predicted octanol–water partition coefficient (Wildman–Crippen LogP) is 2.55. The molecular weight excluding hydrogens is 363 g/mol. The summed E-state index contributed by atoms with van der Waals surface area (Å²) in [5.41, 5.74) is 2.22. The second-order valence-electron chi connectivity index (χ2n) is 7.27. The molecule has 28 heavy (non-hydrogen) atoms. The van der Waals surface area contributed by atoms with Crippen LogP contribution in [0.1, 0.15) is 35.8 Å². The number of carbonyl (C=O) groups is 1. The normalized spacial score (nSPS) is 15.3. The highest BCUT2D eigenvalue weighted by Gasteiger charge is 2.27. The Kier molecular flexibility index (Phi) is 4.70. The number of likely N-dealkylation sites (tertiary alicyclic amines) is 1. The molecule has 0 atom stereocenters. The van der Waals surface area contributed by atoms with Gasteiger partial charge in [-0.3, -0.25) is 9.36 Å². The highest BCUT2D eigenvalue weighted by atomic mass is 19.1. The van der Waals surface area contributed by atoms with E-state index in [9.17, 15) is 14.0 Å². The van der Waals surface area contributed by atoms with Crippen molar-refractivity contribution < 1.29 is 13.7 Å². The van der Waals surface area contributed by atoms with Crippen LogP contribution in [0.5, 0.6) is 0 Å². The fraction of sp³-hybridized carbons (Fsp3) is 0.400. The third-order valence-electron chi connectivity index (χ3n) is 5.34. The van der Waals surface area contributed by atoms with Crippen molar-refractivity contribution in [1.29, 1.82) is 0 Å². The molecule has 2 aromatic heterocycles. The zero-order chi connectivity index (χ0) is 19.8. The Morgan fingerprint density at radius 3 is 2.71 bits per heavy atom. The molecule has 7 nitrogen and oxygen atoms in total. The summed E-state index contributed by atoms with van der Waals surface area (Å²) in [6.07, 6.45) is 1.48. The Hall–Kier alpha value is -3.03. The standard InChI is InChI=1S/C20H21FN4O3/c1-12-9-13(2)25(20(27)22-12)11-18(26)24-7-5-14(6-8-24)19-16-4-3-15(21)10-17(16)28-23-19/h3-4,9-10,14H,5-8,11H2,1-2H3. The average Bonchev–Trinajstić information content (AvgIpc) is 3.07. The zero-order valence-electron chi connectivity index (χ0n) is 15.8. The highest BCUT2D eigenvalue weighted by molar-refractivity contribution is 5.80. The van der Waals surface area contributed by atoms with Crippen LogP contribution in [0.15, 0.2) is 33.6 Å². The summed E-state index contributed by atoms with van der Waals surface area (Å²) in [5, 5.41) is 4.95. The lowest BCUT2D eigenvalue weighted by Crippen LogP contribution is -2.42. The molecule has 3 heterocycles. The molecule has 8 heteroatoms. The zero-order valence-corrected chi connectivity index (χ0v) is 15.8. The maximum atomic E-state index is 13.3. The molecule has 1 aliphatic heterocycles. The van der Waals surface area contributed by atoms with E-state index in [4.69, 9.17) is 4.52 Å². The highest BCUT2D eigenvalue weighted by Crippen LogP contribution is 2.32. The van der Waals surface area contributed by atoms with E-state index in [-0.39, 0.29) is 24.2 Å². The van der Waals surface area contributed by atoms with E-state index in [2.05, 4.69) is 10.1 Å². The van der Waals surface area contributed by atoms with Crippen LogP contribution < -0.4 is 5.69 Å². The van der Waals surface area contributed by atoms with Crippen molar-refractivity contribution in [2.24, 2.45) is 0 Å². The first-order chi connectivity index (χ1) is 13.4. The van der Waals surface area contributed by atoms with E-state index in [1.807, 2.05) is 0 Å². The maximum Gasteiger partial charge on any atom is 0.348 e. The number of aryl methyl sites for hydroxylation is 2. The van der Waals surface area contributed by atoms with Gasteiger partial charge in [-0.05, 0) is 44.9 Å². The van der Waals surface area contributed by atoms with Gasteiger partial charge in [-0.2, -0.15) is 4.98 Å². The van der Waals surface area contributed by atoms with E-state index in [1.165, 1.54) is 16.7 Å². The third kappa shape index (κ3) is 3.42. The number of carbonyl (C=O) groups excluding carboxylic acids is 1. The largest absolute Gasteiger partial charge is 0.356 e.